The Hall–Kier alpha value is -2.09. The fourth-order valence-corrected chi connectivity index (χ4v) is 2.21. The number of nitrogens with one attached hydrogen (secondary N) is 1. The van der Waals surface area contributed by atoms with Gasteiger partial charge in [0, 0.05) is 19.4 Å². The fourth-order valence-electron chi connectivity index (χ4n) is 1.20. The Balaban J connectivity index is 2.33. The Labute approximate surface area is 97.8 Å². The van der Waals surface area contributed by atoms with Crippen LogP contribution in [-0.2, 0) is 17.1 Å². The second-order valence-corrected chi connectivity index (χ2v) is 5.01. The highest BCUT2D eigenvalue weighted by molar-refractivity contribution is 7.92. The van der Waals surface area contributed by atoms with Crippen LogP contribution in [0.5, 0.6) is 5.75 Å². The highest BCUT2D eigenvalue weighted by Crippen LogP contribution is 2.21. The highest BCUT2D eigenvalue weighted by Gasteiger charge is 2.18. The van der Waals surface area contributed by atoms with Gasteiger partial charge in [0.05, 0.1) is 6.20 Å². The van der Waals surface area contributed by atoms with Gasteiger partial charge >= 0.3 is 0 Å². The summed E-state index contributed by atoms with van der Waals surface area (Å²) in [5, 5.41) is 13.2. The molecule has 2 heterocycles. The summed E-state index contributed by atoms with van der Waals surface area (Å²) in [5.41, 5.74) is 0. The Kier molecular flexibility index (Phi) is 2.72. The van der Waals surface area contributed by atoms with Crippen LogP contribution in [0.3, 0.4) is 0 Å². The van der Waals surface area contributed by atoms with Gasteiger partial charge in [-0.2, -0.15) is 5.10 Å². The molecule has 0 aliphatic carbocycles. The summed E-state index contributed by atoms with van der Waals surface area (Å²) >= 11 is 0. The van der Waals surface area contributed by atoms with Gasteiger partial charge in [0.1, 0.15) is 4.90 Å². The summed E-state index contributed by atoms with van der Waals surface area (Å²) in [4.78, 5) is 3.73. The molecule has 0 atom stereocenters. The maximum Gasteiger partial charge on any atom is 0.266 e. The van der Waals surface area contributed by atoms with Crippen LogP contribution in [0.2, 0.25) is 0 Å². The number of rotatable bonds is 3. The molecule has 0 aromatic carbocycles. The minimum atomic E-state index is -3.77. The Bertz CT molecular complexity index is 635. The molecule has 90 valence electrons. The lowest BCUT2D eigenvalue weighted by Crippen LogP contribution is -2.13. The molecule has 0 amide bonds. The summed E-state index contributed by atoms with van der Waals surface area (Å²) in [6.45, 7) is 0. The number of anilines is 1. The normalized spacial score (nSPS) is 11.4. The van der Waals surface area contributed by atoms with Gasteiger partial charge in [-0.15, -0.1) is 0 Å². The van der Waals surface area contributed by atoms with Crippen molar-refractivity contribution < 1.29 is 13.5 Å². The minimum absolute atomic E-state index is 0.00468. The Morgan fingerprint density at radius 2 is 2.24 bits per heavy atom. The molecule has 2 aromatic rings. The molecule has 2 N–H and O–H groups in total. The number of hydrogen-bond donors (Lipinski definition) is 2. The van der Waals surface area contributed by atoms with Gasteiger partial charge in [-0.05, 0) is 12.1 Å². The van der Waals surface area contributed by atoms with E-state index in [0.29, 0.717) is 0 Å². The van der Waals surface area contributed by atoms with Crippen LogP contribution in [0.1, 0.15) is 0 Å². The van der Waals surface area contributed by atoms with Gasteiger partial charge in [0.25, 0.3) is 10.0 Å². The average molecular weight is 254 g/mol. The number of aryl methyl sites for hydroxylation is 1. The lowest BCUT2D eigenvalue weighted by molar-refractivity contribution is 0.475. The molecule has 0 saturated heterocycles. The second-order valence-electron chi connectivity index (χ2n) is 3.33. The van der Waals surface area contributed by atoms with E-state index in [-0.39, 0.29) is 16.5 Å². The van der Waals surface area contributed by atoms with Crippen LogP contribution in [-0.4, -0.2) is 28.3 Å². The van der Waals surface area contributed by atoms with Gasteiger partial charge in [0.15, 0.2) is 11.6 Å². The molecule has 2 rings (SSSR count). The Morgan fingerprint density at radius 3 is 2.82 bits per heavy atom. The molecule has 0 aliphatic heterocycles. The van der Waals surface area contributed by atoms with Gasteiger partial charge < -0.3 is 5.11 Å². The summed E-state index contributed by atoms with van der Waals surface area (Å²) in [7, 11) is -2.16. The zero-order chi connectivity index (χ0) is 12.5. The molecular formula is C9H10N4O3S. The third-order valence-corrected chi connectivity index (χ3v) is 3.30. The molecule has 0 bridgehead atoms. The molecule has 0 aliphatic rings. The zero-order valence-corrected chi connectivity index (χ0v) is 9.72. The molecule has 0 spiro atoms. The van der Waals surface area contributed by atoms with Crippen LogP contribution in [0.15, 0.2) is 35.6 Å². The van der Waals surface area contributed by atoms with Crippen molar-refractivity contribution in [1.82, 2.24) is 14.8 Å². The topological polar surface area (TPSA) is 97.1 Å². The maximum atomic E-state index is 11.9. The molecular weight excluding hydrogens is 244 g/mol. The first-order valence-electron chi connectivity index (χ1n) is 4.64. The predicted octanol–water partition coefficient (Wildman–Crippen LogP) is 0.322. The number of hydrogen-bond acceptors (Lipinski definition) is 5. The van der Waals surface area contributed by atoms with E-state index in [2.05, 4.69) is 14.8 Å². The molecule has 7 nitrogen and oxygen atoms in total. The van der Waals surface area contributed by atoms with Gasteiger partial charge in [-0.3, -0.25) is 9.40 Å². The summed E-state index contributed by atoms with van der Waals surface area (Å²) in [6, 6.07) is 2.84. The van der Waals surface area contributed by atoms with Crippen molar-refractivity contribution in [3.63, 3.8) is 0 Å². The van der Waals surface area contributed by atoms with Crippen LogP contribution in [0, 0.1) is 0 Å². The molecule has 8 heteroatoms. The van der Waals surface area contributed by atoms with Crippen LogP contribution in [0.4, 0.5) is 5.82 Å². The number of sulfonamides is 1. The molecule has 0 fully saturated rings. The van der Waals surface area contributed by atoms with Crippen molar-refractivity contribution in [2.75, 3.05) is 4.72 Å². The largest absolute Gasteiger partial charge is 0.504 e. The van der Waals surface area contributed by atoms with Crippen molar-refractivity contribution in [2.45, 2.75) is 4.90 Å². The van der Waals surface area contributed by atoms with Crippen LogP contribution >= 0.6 is 0 Å². The quantitative estimate of drug-likeness (QED) is 0.822. The lowest BCUT2D eigenvalue weighted by atomic mass is 10.4. The van der Waals surface area contributed by atoms with E-state index in [0.717, 1.165) is 0 Å². The summed E-state index contributed by atoms with van der Waals surface area (Å²) in [5.74, 6) is -0.351. The molecule has 0 radical (unpaired) electrons. The fraction of sp³-hybridized carbons (Fsp3) is 0.111. The van der Waals surface area contributed by atoms with E-state index in [1.54, 1.807) is 7.05 Å². The average Bonchev–Trinajstić information content (AvgIpc) is 2.69. The summed E-state index contributed by atoms with van der Waals surface area (Å²) in [6.07, 6.45) is 3.94. The molecule has 0 saturated carbocycles. The van der Waals surface area contributed by atoms with Crippen molar-refractivity contribution >= 4 is 15.8 Å². The first-order chi connectivity index (χ1) is 7.99. The van der Waals surface area contributed by atoms with E-state index >= 15 is 0 Å². The maximum absolute atomic E-state index is 11.9. The zero-order valence-electron chi connectivity index (χ0n) is 8.90. The van der Waals surface area contributed by atoms with Crippen LogP contribution in [0.25, 0.3) is 0 Å². The van der Waals surface area contributed by atoms with Crippen molar-refractivity contribution in [2.24, 2.45) is 7.05 Å². The third kappa shape index (κ3) is 2.36. The monoisotopic (exact) mass is 254 g/mol. The van der Waals surface area contributed by atoms with E-state index in [9.17, 15) is 13.5 Å². The number of aromatic nitrogens is 3. The molecule has 2 aromatic heterocycles. The minimum Gasteiger partial charge on any atom is -0.504 e. The van der Waals surface area contributed by atoms with Crippen LogP contribution < -0.4 is 4.72 Å². The van der Waals surface area contributed by atoms with E-state index in [4.69, 9.17) is 0 Å². The van der Waals surface area contributed by atoms with E-state index in [1.807, 2.05) is 0 Å². The smallest absolute Gasteiger partial charge is 0.266 e. The SMILES string of the molecule is Cn1cc(S(=O)(=O)Nc2ncccc2O)cn1. The number of aromatic hydroxyl groups is 1. The third-order valence-electron chi connectivity index (χ3n) is 2.01. The van der Waals surface area contributed by atoms with Gasteiger partial charge in [0.2, 0.25) is 0 Å². The van der Waals surface area contributed by atoms with Gasteiger partial charge in [-0.1, -0.05) is 0 Å². The van der Waals surface area contributed by atoms with Gasteiger partial charge in [-0.25, -0.2) is 13.4 Å². The molecule has 17 heavy (non-hydrogen) atoms. The number of pyridine rings is 1. The summed E-state index contributed by atoms with van der Waals surface area (Å²) < 4.78 is 27.2. The van der Waals surface area contributed by atoms with Crippen molar-refractivity contribution in [3.05, 3.63) is 30.7 Å². The Morgan fingerprint density at radius 1 is 1.47 bits per heavy atom. The predicted molar refractivity (Wildman–Crippen MR) is 59.9 cm³/mol. The second kappa shape index (κ2) is 4.06. The highest BCUT2D eigenvalue weighted by atomic mass is 32.2. The lowest BCUT2D eigenvalue weighted by Gasteiger charge is -2.06. The molecule has 0 unspecified atom stereocenters. The van der Waals surface area contributed by atoms with Crippen molar-refractivity contribution in [3.8, 4) is 5.75 Å². The standard InChI is InChI=1S/C9H10N4O3S/c1-13-6-7(5-11-13)17(15,16)12-9-8(14)3-2-4-10-9/h2-6,14H,1H3,(H,10,12). The number of nitrogens with zero attached hydrogens (tertiary/aromatic N) is 3. The van der Waals surface area contributed by atoms with E-state index < -0.39 is 10.0 Å². The first-order valence-corrected chi connectivity index (χ1v) is 6.13. The van der Waals surface area contributed by atoms with E-state index in [1.165, 1.54) is 35.4 Å². The first kappa shape index (κ1) is 11.4. The van der Waals surface area contributed by atoms with Crippen molar-refractivity contribution in [1.29, 1.82) is 0 Å².